The second kappa shape index (κ2) is 8.46. The highest BCUT2D eigenvalue weighted by Crippen LogP contribution is 2.24. The molecule has 2 aromatic carbocycles. The molecular formula is C24H18FN7O. The lowest BCUT2D eigenvalue weighted by molar-refractivity contribution is -0.111. The van der Waals surface area contributed by atoms with E-state index in [0.717, 1.165) is 5.56 Å². The van der Waals surface area contributed by atoms with E-state index in [0.29, 0.717) is 34.1 Å². The zero-order chi connectivity index (χ0) is 22.8. The van der Waals surface area contributed by atoms with Gasteiger partial charge in [-0.15, -0.1) is 0 Å². The van der Waals surface area contributed by atoms with Crippen LogP contribution in [0.25, 0.3) is 28.6 Å². The minimum absolute atomic E-state index is 0.299. The summed E-state index contributed by atoms with van der Waals surface area (Å²) in [5.41, 5.74) is 2.81. The van der Waals surface area contributed by atoms with Crippen LogP contribution in [0.5, 0.6) is 0 Å². The molecule has 0 aliphatic rings. The first-order chi connectivity index (χ1) is 16.1. The maximum absolute atomic E-state index is 13.3. The molecule has 0 atom stereocenters. The molecular weight excluding hydrogens is 421 g/mol. The second-order valence-corrected chi connectivity index (χ2v) is 7.28. The van der Waals surface area contributed by atoms with Crippen LogP contribution in [-0.4, -0.2) is 35.4 Å². The van der Waals surface area contributed by atoms with Crippen molar-refractivity contribution in [1.29, 1.82) is 0 Å². The van der Waals surface area contributed by atoms with Crippen molar-refractivity contribution >= 4 is 28.8 Å². The summed E-state index contributed by atoms with van der Waals surface area (Å²) in [5.74, 6) is 0.292. The van der Waals surface area contributed by atoms with Gasteiger partial charge in [0.1, 0.15) is 18.0 Å². The standard InChI is InChI=1S/C24H18FN7O/c1-16-13-21(29-22(33)12-7-17-5-3-2-4-6-17)32(30-16)24-20-14-28-31(23(20)26-15-27-24)19-10-8-18(25)9-11-19/h2-15H,1H3,(H,29,33)/b12-7+. The molecule has 5 rings (SSSR count). The Morgan fingerprint density at radius 2 is 1.82 bits per heavy atom. The number of benzene rings is 2. The summed E-state index contributed by atoms with van der Waals surface area (Å²) in [6.45, 7) is 1.83. The fourth-order valence-corrected chi connectivity index (χ4v) is 3.43. The van der Waals surface area contributed by atoms with Gasteiger partial charge in [-0.2, -0.15) is 14.9 Å². The molecule has 0 radical (unpaired) electrons. The van der Waals surface area contributed by atoms with Crippen molar-refractivity contribution in [3.8, 4) is 11.5 Å². The van der Waals surface area contributed by atoms with Crippen LogP contribution in [-0.2, 0) is 4.79 Å². The molecule has 5 aromatic rings. The normalized spacial score (nSPS) is 11.3. The molecule has 0 bridgehead atoms. The Kier molecular flexibility index (Phi) is 5.19. The van der Waals surface area contributed by atoms with Gasteiger partial charge in [0.25, 0.3) is 0 Å². The Bertz CT molecular complexity index is 1470. The summed E-state index contributed by atoms with van der Waals surface area (Å²) in [4.78, 5) is 21.3. The van der Waals surface area contributed by atoms with Crippen molar-refractivity contribution in [3.63, 3.8) is 0 Å². The van der Waals surface area contributed by atoms with E-state index < -0.39 is 0 Å². The molecule has 1 N–H and O–H groups in total. The average molecular weight is 439 g/mol. The highest BCUT2D eigenvalue weighted by atomic mass is 19.1. The van der Waals surface area contributed by atoms with E-state index in [1.54, 1.807) is 39.8 Å². The number of halogens is 1. The molecule has 33 heavy (non-hydrogen) atoms. The minimum atomic E-state index is -0.334. The number of carbonyl (C=O) groups is 1. The largest absolute Gasteiger partial charge is 0.307 e. The van der Waals surface area contributed by atoms with Crippen molar-refractivity contribution < 1.29 is 9.18 Å². The second-order valence-electron chi connectivity index (χ2n) is 7.28. The molecule has 0 saturated heterocycles. The first kappa shape index (κ1) is 20.3. The van der Waals surface area contributed by atoms with Gasteiger partial charge < -0.3 is 5.32 Å². The summed E-state index contributed by atoms with van der Waals surface area (Å²) in [5, 5.41) is 12.4. The maximum atomic E-state index is 13.3. The predicted molar refractivity (Wildman–Crippen MR) is 123 cm³/mol. The number of anilines is 1. The van der Waals surface area contributed by atoms with E-state index in [1.807, 2.05) is 37.3 Å². The number of hydrogen-bond acceptors (Lipinski definition) is 5. The Hall–Kier alpha value is -4.66. The molecule has 1 amide bonds. The van der Waals surface area contributed by atoms with E-state index in [9.17, 15) is 9.18 Å². The third kappa shape index (κ3) is 4.11. The van der Waals surface area contributed by atoms with Crippen molar-refractivity contribution in [2.75, 3.05) is 5.32 Å². The summed E-state index contributed by atoms with van der Waals surface area (Å²) in [6.07, 6.45) is 6.21. The van der Waals surface area contributed by atoms with E-state index in [-0.39, 0.29) is 11.7 Å². The molecule has 0 spiro atoms. The zero-order valence-electron chi connectivity index (χ0n) is 17.6. The SMILES string of the molecule is Cc1cc(NC(=O)/C=C/c2ccccc2)n(-c2ncnc3c2cnn3-c2ccc(F)cc2)n1. The number of fused-ring (bicyclic) bond motifs is 1. The van der Waals surface area contributed by atoms with Crippen LogP contribution in [0.15, 0.2) is 79.3 Å². The van der Waals surface area contributed by atoms with Crippen LogP contribution in [0.1, 0.15) is 11.3 Å². The van der Waals surface area contributed by atoms with E-state index in [1.165, 1.54) is 24.5 Å². The summed E-state index contributed by atoms with van der Waals surface area (Å²) >= 11 is 0. The van der Waals surface area contributed by atoms with Crippen molar-refractivity contribution in [3.05, 3.63) is 96.3 Å². The average Bonchev–Trinajstić information content (AvgIpc) is 3.42. The summed E-state index contributed by atoms with van der Waals surface area (Å²) in [6, 6.07) is 17.3. The summed E-state index contributed by atoms with van der Waals surface area (Å²) < 4.78 is 16.5. The van der Waals surface area contributed by atoms with E-state index in [2.05, 4.69) is 25.5 Å². The molecule has 9 heteroatoms. The lowest BCUT2D eigenvalue weighted by atomic mass is 10.2. The van der Waals surface area contributed by atoms with Crippen molar-refractivity contribution in [1.82, 2.24) is 29.5 Å². The van der Waals surface area contributed by atoms with Crippen LogP contribution < -0.4 is 5.32 Å². The molecule has 0 aliphatic carbocycles. The van der Waals surface area contributed by atoms with E-state index in [4.69, 9.17) is 0 Å². The number of carbonyl (C=O) groups excluding carboxylic acids is 1. The van der Waals surface area contributed by atoms with Gasteiger partial charge in [-0.05, 0) is 42.8 Å². The van der Waals surface area contributed by atoms with Crippen LogP contribution in [0.4, 0.5) is 10.2 Å². The fourth-order valence-electron chi connectivity index (χ4n) is 3.43. The van der Waals surface area contributed by atoms with Gasteiger partial charge in [0.15, 0.2) is 11.5 Å². The van der Waals surface area contributed by atoms with Crippen LogP contribution >= 0.6 is 0 Å². The van der Waals surface area contributed by atoms with Gasteiger partial charge in [0.05, 0.1) is 23.0 Å². The van der Waals surface area contributed by atoms with E-state index >= 15 is 0 Å². The summed E-state index contributed by atoms with van der Waals surface area (Å²) in [7, 11) is 0. The molecule has 3 aromatic heterocycles. The monoisotopic (exact) mass is 439 g/mol. The highest BCUT2D eigenvalue weighted by molar-refractivity contribution is 6.01. The van der Waals surface area contributed by atoms with Gasteiger partial charge >= 0.3 is 0 Å². The van der Waals surface area contributed by atoms with Crippen LogP contribution in [0.3, 0.4) is 0 Å². The molecule has 0 saturated carbocycles. The quantitative estimate of drug-likeness (QED) is 0.417. The van der Waals surface area contributed by atoms with Crippen molar-refractivity contribution in [2.45, 2.75) is 6.92 Å². The molecule has 162 valence electrons. The van der Waals surface area contributed by atoms with Crippen LogP contribution in [0, 0.1) is 12.7 Å². The molecule has 0 fully saturated rings. The minimum Gasteiger partial charge on any atom is -0.307 e. The third-order valence-electron chi connectivity index (χ3n) is 4.93. The topological polar surface area (TPSA) is 90.5 Å². The highest BCUT2D eigenvalue weighted by Gasteiger charge is 2.17. The third-order valence-corrected chi connectivity index (χ3v) is 4.93. The fraction of sp³-hybridized carbons (Fsp3) is 0.0417. The Morgan fingerprint density at radius 1 is 1.03 bits per heavy atom. The molecule has 8 nitrogen and oxygen atoms in total. The Balaban J connectivity index is 1.49. The zero-order valence-corrected chi connectivity index (χ0v) is 17.6. The molecule has 0 aliphatic heterocycles. The maximum Gasteiger partial charge on any atom is 0.249 e. The number of hydrogen-bond donors (Lipinski definition) is 1. The van der Waals surface area contributed by atoms with Crippen LogP contribution in [0.2, 0.25) is 0 Å². The molecule has 3 heterocycles. The van der Waals surface area contributed by atoms with Gasteiger partial charge in [-0.3, -0.25) is 4.79 Å². The van der Waals surface area contributed by atoms with Gasteiger partial charge in [-0.1, -0.05) is 30.3 Å². The number of rotatable bonds is 5. The first-order valence-electron chi connectivity index (χ1n) is 10.1. The number of amides is 1. The predicted octanol–water partition coefficient (Wildman–Crippen LogP) is 4.10. The number of aromatic nitrogens is 6. The van der Waals surface area contributed by atoms with Gasteiger partial charge in [0, 0.05) is 12.1 Å². The Labute approximate surface area is 188 Å². The number of nitrogens with zero attached hydrogens (tertiary/aromatic N) is 6. The number of aryl methyl sites for hydroxylation is 1. The van der Waals surface area contributed by atoms with Crippen molar-refractivity contribution in [2.24, 2.45) is 0 Å². The van der Waals surface area contributed by atoms with Gasteiger partial charge in [-0.25, -0.2) is 19.0 Å². The Morgan fingerprint density at radius 3 is 2.61 bits per heavy atom. The number of nitrogens with one attached hydrogen (secondary N) is 1. The first-order valence-corrected chi connectivity index (χ1v) is 10.1. The lowest BCUT2D eigenvalue weighted by Gasteiger charge is -2.08. The molecule has 0 unspecified atom stereocenters. The van der Waals surface area contributed by atoms with Gasteiger partial charge in [0.2, 0.25) is 5.91 Å². The lowest BCUT2D eigenvalue weighted by Crippen LogP contribution is -2.13. The smallest absolute Gasteiger partial charge is 0.249 e.